The van der Waals surface area contributed by atoms with Crippen molar-refractivity contribution in [2.45, 2.75) is 39.8 Å². The van der Waals surface area contributed by atoms with Gasteiger partial charge in [-0.05, 0) is 32.9 Å². The van der Waals surface area contributed by atoms with Gasteiger partial charge in [0.25, 0.3) is 5.91 Å². The number of carbonyl (C=O) groups is 3. The standard InChI is InChI=1S/C23H28N6O5/c1-15(30)33-12-16(10-24-22(32)34-23(2,3)4)11-29-14-27-18-19(25-13-26-20(18)29)28-21(31)17-8-6-5-7-9-17/h5-9,13-14,16H,10-12H2,1-4H3,(H,24,32)(H,25,26,28,31)/t16-/m0/s1. The summed E-state index contributed by atoms with van der Waals surface area (Å²) in [5.74, 6) is -0.748. The largest absolute Gasteiger partial charge is 0.465 e. The van der Waals surface area contributed by atoms with Gasteiger partial charge in [0.1, 0.15) is 11.9 Å². The molecule has 0 fully saturated rings. The van der Waals surface area contributed by atoms with E-state index in [1.54, 1.807) is 55.9 Å². The van der Waals surface area contributed by atoms with Crippen LogP contribution in [0.2, 0.25) is 0 Å². The van der Waals surface area contributed by atoms with E-state index in [0.29, 0.717) is 23.3 Å². The molecule has 2 heterocycles. The van der Waals surface area contributed by atoms with Gasteiger partial charge in [0.15, 0.2) is 17.0 Å². The van der Waals surface area contributed by atoms with Gasteiger partial charge in [0, 0.05) is 31.5 Å². The van der Waals surface area contributed by atoms with Gasteiger partial charge < -0.3 is 24.7 Å². The molecule has 0 saturated carbocycles. The molecule has 0 aliphatic rings. The molecule has 0 bridgehead atoms. The van der Waals surface area contributed by atoms with Crippen molar-refractivity contribution >= 4 is 35.0 Å². The zero-order chi connectivity index (χ0) is 24.7. The third kappa shape index (κ3) is 6.99. The minimum absolute atomic E-state index is 0.0769. The van der Waals surface area contributed by atoms with E-state index in [0.717, 1.165) is 0 Å². The van der Waals surface area contributed by atoms with Crippen LogP contribution in [0.3, 0.4) is 0 Å². The van der Waals surface area contributed by atoms with Crippen molar-refractivity contribution in [3.05, 3.63) is 48.5 Å². The van der Waals surface area contributed by atoms with Gasteiger partial charge >= 0.3 is 12.1 Å². The molecule has 0 aliphatic heterocycles. The highest BCUT2D eigenvalue weighted by Crippen LogP contribution is 2.19. The molecule has 180 valence electrons. The van der Waals surface area contributed by atoms with Crippen molar-refractivity contribution in [3.63, 3.8) is 0 Å². The second kappa shape index (κ2) is 10.7. The van der Waals surface area contributed by atoms with Crippen molar-refractivity contribution in [2.75, 3.05) is 18.5 Å². The second-order valence-electron chi connectivity index (χ2n) is 8.66. The first kappa shape index (κ1) is 24.6. The number of nitrogens with zero attached hydrogens (tertiary/aromatic N) is 4. The van der Waals surface area contributed by atoms with Crippen LogP contribution in [0.5, 0.6) is 0 Å². The predicted molar refractivity (Wildman–Crippen MR) is 124 cm³/mol. The molecule has 0 saturated heterocycles. The van der Waals surface area contributed by atoms with E-state index in [1.165, 1.54) is 13.3 Å². The topological polar surface area (TPSA) is 137 Å². The Hall–Kier alpha value is -4.02. The number of carbonyl (C=O) groups excluding carboxylic acids is 3. The number of rotatable bonds is 8. The molecule has 11 nitrogen and oxygen atoms in total. The zero-order valence-electron chi connectivity index (χ0n) is 19.6. The summed E-state index contributed by atoms with van der Waals surface area (Å²) in [6.07, 6.45) is 2.33. The third-order valence-corrected chi connectivity index (χ3v) is 4.58. The maximum atomic E-state index is 12.5. The number of esters is 1. The van der Waals surface area contributed by atoms with Gasteiger partial charge in [-0.3, -0.25) is 9.59 Å². The first-order chi connectivity index (χ1) is 16.1. The molecule has 2 amide bonds. The number of aromatic nitrogens is 4. The molecule has 0 unspecified atom stereocenters. The number of benzene rings is 1. The van der Waals surface area contributed by atoms with E-state index < -0.39 is 17.7 Å². The Labute approximate surface area is 196 Å². The quantitative estimate of drug-likeness (QED) is 0.482. The summed E-state index contributed by atoms with van der Waals surface area (Å²) < 4.78 is 12.2. The first-order valence-corrected chi connectivity index (χ1v) is 10.7. The van der Waals surface area contributed by atoms with Crippen LogP contribution in [0.25, 0.3) is 11.2 Å². The van der Waals surface area contributed by atoms with Crippen molar-refractivity contribution in [2.24, 2.45) is 5.92 Å². The van der Waals surface area contributed by atoms with Crippen LogP contribution in [-0.4, -0.2) is 56.2 Å². The lowest BCUT2D eigenvalue weighted by Gasteiger charge is -2.22. The monoisotopic (exact) mass is 468 g/mol. The summed E-state index contributed by atoms with van der Waals surface area (Å²) in [6, 6.07) is 8.76. The van der Waals surface area contributed by atoms with Gasteiger partial charge in [-0.1, -0.05) is 18.2 Å². The Bertz CT molecular complexity index is 1160. The molecule has 3 rings (SSSR count). The Morgan fingerprint density at radius 1 is 1.09 bits per heavy atom. The molecule has 0 spiro atoms. The average Bonchev–Trinajstić information content (AvgIpc) is 3.18. The highest BCUT2D eigenvalue weighted by Gasteiger charge is 2.20. The number of hydrogen-bond acceptors (Lipinski definition) is 8. The average molecular weight is 469 g/mol. The molecule has 1 aromatic carbocycles. The lowest BCUT2D eigenvalue weighted by molar-refractivity contribution is -0.142. The Morgan fingerprint density at radius 3 is 2.50 bits per heavy atom. The van der Waals surface area contributed by atoms with Crippen LogP contribution in [-0.2, 0) is 20.8 Å². The minimum Gasteiger partial charge on any atom is -0.465 e. The Balaban J connectivity index is 1.75. The maximum Gasteiger partial charge on any atom is 0.407 e. The number of hydrogen-bond donors (Lipinski definition) is 2. The number of ether oxygens (including phenoxy) is 2. The summed E-state index contributed by atoms with van der Waals surface area (Å²) in [5, 5.41) is 5.46. The number of amides is 2. The molecule has 1 atom stereocenters. The van der Waals surface area contributed by atoms with Gasteiger partial charge in [-0.2, -0.15) is 0 Å². The van der Waals surface area contributed by atoms with Crippen LogP contribution in [0, 0.1) is 5.92 Å². The van der Waals surface area contributed by atoms with E-state index in [4.69, 9.17) is 9.47 Å². The first-order valence-electron chi connectivity index (χ1n) is 10.7. The number of imidazole rings is 1. The SMILES string of the molecule is CC(=O)OC[C@@H](CNC(=O)OC(C)(C)C)Cn1cnc2c(NC(=O)c3ccccc3)ncnc21. The lowest BCUT2D eigenvalue weighted by Crippen LogP contribution is -2.37. The molecule has 0 aliphatic carbocycles. The highest BCUT2D eigenvalue weighted by atomic mass is 16.6. The highest BCUT2D eigenvalue weighted by molar-refractivity contribution is 6.06. The fourth-order valence-corrected chi connectivity index (χ4v) is 3.11. The van der Waals surface area contributed by atoms with E-state index in [1.807, 2.05) is 6.07 Å². The fraction of sp³-hybridized carbons (Fsp3) is 0.391. The number of fused-ring (bicyclic) bond motifs is 1. The van der Waals surface area contributed by atoms with Gasteiger partial charge in [0.2, 0.25) is 0 Å². The van der Waals surface area contributed by atoms with Crippen molar-refractivity contribution in [1.82, 2.24) is 24.8 Å². The van der Waals surface area contributed by atoms with Crippen LogP contribution < -0.4 is 10.6 Å². The van der Waals surface area contributed by atoms with Gasteiger partial charge in [-0.25, -0.2) is 19.7 Å². The normalized spacial score (nSPS) is 12.1. The molecule has 2 N–H and O–H groups in total. The lowest BCUT2D eigenvalue weighted by atomic mass is 10.1. The summed E-state index contributed by atoms with van der Waals surface area (Å²) >= 11 is 0. The van der Waals surface area contributed by atoms with Crippen molar-refractivity contribution in [3.8, 4) is 0 Å². The van der Waals surface area contributed by atoms with Crippen molar-refractivity contribution < 1.29 is 23.9 Å². The molecule has 34 heavy (non-hydrogen) atoms. The molecule has 3 aromatic rings. The smallest absolute Gasteiger partial charge is 0.407 e. The summed E-state index contributed by atoms with van der Waals surface area (Å²) in [5.41, 5.74) is 0.762. The molecular weight excluding hydrogens is 440 g/mol. The van der Waals surface area contributed by atoms with E-state index in [2.05, 4.69) is 25.6 Å². The van der Waals surface area contributed by atoms with Crippen LogP contribution >= 0.6 is 0 Å². The number of nitrogens with one attached hydrogen (secondary N) is 2. The van der Waals surface area contributed by atoms with Gasteiger partial charge in [0.05, 0.1) is 12.9 Å². The van der Waals surface area contributed by atoms with E-state index in [9.17, 15) is 14.4 Å². The zero-order valence-corrected chi connectivity index (χ0v) is 19.6. The van der Waals surface area contributed by atoms with Gasteiger partial charge in [-0.15, -0.1) is 0 Å². The van der Waals surface area contributed by atoms with Crippen molar-refractivity contribution in [1.29, 1.82) is 0 Å². The van der Waals surface area contributed by atoms with E-state index in [-0.39, 0.29) is 30.8 Å². The fourth-order valence-electron chi connectivity index (χ4n) is 3.11. The van der Waals surface area contributed by atoms with E-state index >= 15 is 0 Å². The summed E-state index contributed by atoms with van der Waals surface area (Å²) in [7, 11) is 0. The Kier molecular flexibility index (Phi) is 7.77. The summed E-state index contributed by atoms with van der Waals surface area (Å²) in [6.45, 7) is 7.25. The second-order valence-corrected chi connectivity index (χ2v) is 8.66. The maximum absolute atomic E-state index is 12.5. The number of anilines is 1. The van der Waals surface area contributed by atoms with Crippen LogP contribution in [0.1, 0.15) is 38.1 Å². The molecule has 0 radical (unpaired) electrons. The third-order valence-electron chi connectivity index (χ3n) is 4.58. The molecule has 11 heteroatoms. The summed E-state index contributed by atoms with van der Waals surface area (Å²) in [4.78, 5) is 48.7. The molecule has 2 aromatic heterocycles. The minimum atomic E-state index is -0.631. The Morgan fingerprint density at radius 2 is 1.82 bits per heavy atom. The molecular formula is C23H28N6O5. The van der Waals surface area contributed by atoms with Crippen LogP contribution in [0.4, 0.5) is 10.6 Å². The predicted octanol–water partition coefficient (Wildman–Crippen LogP) is 2.78. The number of alkyl carbamates (subject to hydrolysis) is 1. The van der Waals surface area contributed by atoms with Crippen LogP contribution in [0.15, 0.2) is 43.0 Å².